The quantitative estimate of drug-likeness (QED) is 0.660. The Morgan fingerprint density at radius 2 is 2.05 bits per heavy atom. The van der Waals surface area contributed by atoms with Crippen molar-refractivity contribution in [2.24, 2.45) is 5.73 Å². The number of alkyl carbamates (subject to hydrolysis) is 1. The van der Waals surface area contributed by atoms with Crippen molar-refractivity contribution in [3.05, 3.63) is 0 Å². The van der Waals surface area contributed by atoms with Crippen LogP contribution < -0.4 is 16.4 Å². The van der Waals surface area contributed by atoms with Crippen LogP contribution in [0, 0.1) is 0 Å². The molecule has 0 aromatic carbocycles. The van der Waals surface area contributed by atoms with Gasteiger partial charge in [0.1, 0.15) is 5.60 Å². The second-order valence-electron chi connectivity index (χ2n) is 7.23. The van der Waals surface area contributed by atoms with Gasteiger partial charge in [0.15, 0.2) is 0 Å². The van der Waals surface area contributed by atoms with Crippen LogP contribution in [0.25, 0.3) is 0 Å². The summed E-state index contributed by atoms with van der Waals surface area (Å²) in [6.45, 7) is 11.3. The zero-order chi connectivity index (χ0) is 16.2. The highest BCUT2D eigenvalue weighted by atomic mass is 16.6. The molecular weight excluding hydrogens is 284 g/mol. The molecule has 4 N–H and O–H groups in total. The second kappa shape index (κ2) is 7.59. The molecule has 1 amide bonds. The molecule has 1 atom stereocenters. The summed E-state index contributed by atoms with van der Waals surface area (Å²) < 4.78 is 10.3. The van der Waals surface area contributed by atoms with E-state index in [1.807, 2.05) is 20.8 Å². The van der Waals surface area contributed by atoms with Gasteiger partial charge < -0.3 is 25.8 Å². The van der Waals surface area contributed by atoms with Crippen molar-refractivity contribution in [2.75, 3.05) is 39.4 Å². The first-order chi connectivity index (χ1) is 10.3. The normalized spacial score (nSPS) is 26.5. The van der Waals surface area contributed by atoms with E-state index in [9.17, 15) is 4.79 Å². The van der Waals surface area contributed by atoms with Crippen LogP contribution in [0.5, 0.6) is 0 Å². The van der Waals surface area contributed by atoms with Gasteiger partial charge in [0.2, 0.25) is 0 Å². The SMILES string of the molecule is CC(C)(C)OC(=O)NC1CNC1.NC1CN(C2CCOC2)C1. The average molecular weight is 314 g/mol. The molecule has 3 aliphatic rings. The van der Waals surface area contributed by atoms with Gasteiger partial charge in [-0.05, 0) is 27.2 Å². The number of ether oxygens (including phenoxy) is 2. The Balaban J connectivity index is 0.000000162. The smallest absolute Gasteiger partial charge is 0.407 e. The molecule has 3 rings (SSSR count). The average Bonchev–Trinajstić information content (AvgIpc) is 2.82. The van der Waals surface area contributed by atoms with E-state index in [2.05, 4.69) is 15.5 Å². The van der Waals surface area contributed by atoms with Gasteiger partial charge in [-0.15, -0.1) is 0 Å². The minimum Gasteiger partial charge on any atom is -0.444 e. The number of likely N-dealkylation sites (tertiary alicyclic amines) is 1. The largest absolute Gasteiger partial charge is 0.444 e. The van der Waals surface area contributed by atoms with Crippen LogP contribution in [0.15, 0.2) is 0 Å². The number of hydrogen-bond acceptors (Lipinski definition) is 6. The molecule has 0 bridgehead atoms. The van der Waals surface area contributed by atoms with Gasteiger partial charge in [-0.2, -0.15) is 0 Å². The predicted molar refractivity (Wildman–Crippen MR) is 84.8 cm³/mol. The topological polar surface area (TPSA) is 88.8 Å². The number of nitrogens with one attached hydrogen (secondary N) is 2. The Kier molecular flexibility index (Phi) is 6.02. The fourth-order valence-electron chi connectivity index (χ4n) is 2.52. The molecule has 3 fully saturated rings. The fourth-order valence-corrected chi connectivity index (χ4v) is 2.52. The zero-order valence-electron chi connectivity index (χ0n) is 13.9. The maximum atomic E-state index is 11.1. The molecule has 22 heavy (non-hydrogen) atoms. The summed E-state index contributed by atoms with van der Waals surface area (Å²) in [5.41, 5.74) is 5.25. The predicted octanol–water partition coefficient (Wildman–Crippen LogP) is -0.0989. The molecule has 7 heteroatoms. The Labute approximate surface area is 132 Å². The van der Waals surface area contributed by atoms with Crippen LogP contribution in [-0.4, -0.2) is 74.1 Å². The summed E-state index contributed by atoms with van der Waals surface area (Å²) in [5.74, 6) is 0. The molecule has 0 saturated carbocycles. The summed E-state index contributed by atoms with van der Waals surface area (Å²) in [7, 11) is 0. The fraction of sp³-hybridized carbons (Fsp3) is 0.933. The maximum absolute atomic E-state index is 11.1. The van der Waals surface area contributed by atoms with Crippen molar-refractivity contribution >= 4 is 6.09 Å². The first-order valence-corrected chi connectivity index (χ1v) is 8.11. The number of nitrogens with two attached hydrogens (primary N) is 1. The Hall–Kier alpha value is -0.890. The summed E-state index contributed by atoms with van der Waals surface area (Å²) in [6, 6.07) is 1.36. The van der Waals surface area contributed by atoms with Crippen molar-refractivity contribution in [3.63, 3.8) is 0 Å². The van der Waals surface area contributed by atoms with E-state index in [0.29, 0.717) is 12.1 Å². The molecule has 1 unspecified atom stereocenters. The molecule has 3 aliphatic heterocycles. The molecule has 3 heterocycles. The number of rotatable bonds is 2. The van der Waals surface area contributed by atoms with E-state index in [1.165, 1.54) is 6.42 Å². The van der Waals surface area contributed by atoms with Crippen molar-refractivity contribution in [3.8, 4) is 0 Å². The highest BCUT2D eigenvalue weighted by molar-refractivity contribution is 5.68. The van der Waals surface area contributed by atoms with Gasteiger partial charge in [0, 0.05) is 44.9 Å². The number of carbonyl (C=O) groups is 1. The minimum absolute atomic E-state index is 0.250. The van der Waals surface area contributed by atoms with Crippen LogP contribution >= 0.6 is 0 Å². The van der Waals surface area contributed by atoms with Gasteiger partial charge in [-0.3, -0.25) is 4.90 Å². The van der Waals surface area contributed by atoms with Gasteiger partial charge in [0.25, 0.3) is 0 Å². The minimum atomic E-state index is -0.402. The van der Waals surface area contributed by atoms with Crippen molar-refractivity contribution in [1.29, 1.82) is 0 Å². The van der Waals surface area contributed by atoms with E-state index in [0.717, 1.165) is 39.4 Å². The number of amides is 1. The lowest BCUT2D eigenvalue weighted by Gasteiger charge is -2.40. The van der Waals surface area contributed by atoms with Crippen LogP contribution in [0.4, 0.5) is 4.79 Å². The van der Waals surface area contributed by atoms with Crippen molar-refractivity contribution in [2.45, 2.75) is 50.9 Å². The van der Waals surface area contributed by atoms with Crippen LogP contribution in [-0.2, 0) is 9.47 Å². The van der Waals surface area contributed by atoms with Crippen LogP contribution in [0.3, 0.4) is 0 Å². The Bertz CT molecular complexity index is 356. The molecule has 7 nitrogen and oxygen atoms in total. The lowest BCUT2D eigenvalue weighted by atomic mass is 10.1. The molecular formula is C15H30N4O3. The molecule has 0 aromatic heterocycles. The molecule has 128 valence electrons. The monoisotopic (exact) mass is 314 g/mol. The molecule has 3 saturated heterocycles. The summed E-state index contributed by atoms with van der Waals surface area (Å²) in [4.78, 5) is 13.5. The van der Waals surface area contributed by atoms with Crippen LogP contribution in [0.1, 0.15) is 27.2 Å². The van der Waals surface area contributed by atoms with E-state index < -0.39 is 5.60 Å². The number of nitrogens with zero attached hydrogens (tertiary/aromatic N) is 1. The van der Waals surface area contributed by atoms with E-state index >= 15 is 0 Å². The van der Waals surface area contributed by atoms with Gasteiger partial charge >= 0.3 is 6.09 Å². The van der Waals surface area contributed by atoms with E-state index in [-0.39, 0.29) is 12.1 Å². The summed E-state index contributed by atoms with van der Waals surface area (Å²) >= 11 is 0. The molecule has 0 aliphatic carbocycles. The first kappa shape index (κ1) is 17.5. The highest BCUT2D eigenvalue weighted by Crippen LogP contribution is 2.17. The number of carbonyl (C=O) groups excluding carboxylic acids is 1. The molecule has 0 aromatic rings. The highest BCUT2D eigenvalue weighted by Gasteiger charge is 2.31. The second-order valence-corrected chi connectivity index (χ2v) is 7.23. The molecule has 0 radical (unpaired) electrons. The van der Waals surface area contributed by atoms with Gasteiger partial charge in [0.05, 0.1) is 12.6 Å². The summed E-state index contributed by atoms with van der Waals surface area (Å²) in [6.07, 6.45) is 0.876. The van der Waals surface area contributed by atoms with Crippen LogP contribution in [0.2, 0.25) is 0 Å². The summed E-state index contributed by atoms with van der Waals surface area (Å²) in [5, 5.41) is 5.81. The van der Waals surface area contributed by atoms with Gasteiger partial charge in [-0.1, -0.05) is 0 Å². The lowest BCUT2D eigenvalue weighted by molar-refractivity contribution is 0.0488. The van der Waals surface area contributed by atoms with Crippen molar-refractivity contribution < 1.29 is 14.3 Å². The van der Waals surface area contributed by atoms with Crippen molar-refractivity contribution in [1.82, 2.24) is 15.5 Å². The van der Waals surface area contributed by atoms with Gasteiger partial charge in [-0.25, -0.2) is 4.79 Å². The first-order valence-electron chi connectivity index (χ1n) is 8.11. The van der Waals surface area contributed by atoms with E-state index in [4.69, 9.17) is 15.2 Å². The maximum Gasteiger partial charge on any atom is 0.407 e. The third-order valence-electron chi connectivity index (χ3n) is 3.86. The standard InChI is InChI=1S/C8H16N2O2.C7H14N2O/c1-8(2,3)12-7(11)10-6-4-9-5-6;8-6-3-9(4-6)7-1-2-10-5-7/h6,9H,4-5H2,1-3H3,(H,10,11);6-7H,1-5,8H2. The lowest BCUT2D eigenvalue weighted by Crippen LogP contribution is -2.59. The third kappa shape index (κ3) is 5.72. The Morgan fingerprint density at radius 3 is 2.45 bits per heavy atom. The number of hydrogen-bond donors (Lipinski definition) is 3. The Morgan fingerprint density at radius 1 is 1.36 bits per heavy atom. The third-order valence-corrected chi connectivity index (χ3v) is 3.86. The zero-order valence-corrected chi connectivity index (χ0v) is 13.9. The molecule has 0 spiro atoms. The van der Waals surface area contributed by atoms with E-state index in [1.54, 1.807) is 0 Å².